The number of esters is 1. The Kier molecular flexibility index (Phi) is 10.0. The van der Waals surface area contributed by atoms with Gasteiger partial charge in [-0.1, -0.05) is 12.2 Å². The molecule has 2 atom stereocenters. The van der Waals surface area contributed by atoms with Crippen LogP contribution in [0.5, 0.6) is 0 Å². The monoisotopic (exact) mass is 432 g/mol. The largest absolute Gasteiger partial charge is 0.467 e. The lowest BCUT2D eigenvalue weighted by Crippen LogP contribution is -2.56. The molecule has 11 heteroatoms. The van der Waals surface area contributed by atoms with Gasteiger partial charge >= 0.3 is 12.1 Å². The number of carbonyl (C=O) groups is 4. The molecule has 0 heterocycles. The highest BCUT2D eigenvalue weighted by molar-refractivity contribution is 7.80. The van der Waals surface area contributed by atoms with E-state index in [2.05, 4.69) is 26.0 Å². The maximum atomic E-state index is 12.2. The van der Waals surface area contributed by atoms with Crippen molar-refractivity contribution in [1.82, 2.24) is 21.3 Å². The number of hydrogen-bond donors (Lipinski definition) is 4. The summed E-state index contributed by atoms with van der Waals surface area (Å²) in [5, 5.41) is 10.3. The Morgan fingerprint density at radius 1 is 0.931 bits per heavy atom. The third-order valence-corrected chi connectivity index (χ3v) is 3.71. The molecule has 0 aromatic carbocycles. The van der Waals surface area contributed by atoms with Gasteiger partial charge in [-0.05, 0) is 48.5 Å². The van der Waals surface area contributed by atoms with Crippen molar-refractivity contribution in [2.24, 2.45) is 0 Å². The van der Waals surface area contributed by atoms with Crippen molar-refractivity contribution >= 4 is 41.1 Å². The predicted molar refractivity (Wildman–Crippen MR) is 111 cm³/mol. The number of amides is 3. The highest BCUT2D eigenvalue weighted by Gasteiger charge is 2.32. The van der Waals surface area contributed by atoms with E-state index >= 15 is 0 Å². The average molecular weight is 433 g/mol. The highest BCUT2D eigenvalue weighted by atomic mass is 32.1. The van der Waals surface area contributed by atoms with Crippen LogP contribution in [0.25, 0.3) is 0 Å². The lowest BCUT2D eigenvalue weighted by molar-refractivity contribution is -0.149. The Morgan fingerprint density at radius 3 is 1.93 bits per heavy atom. The van der Waals surface area contributed by atoms with Gasteiger partial charge in [-0.25, -0.2) is 9.59 Å². The minimum absolute atomic E-state index is 0.0352. The van der Waals surface area contributed by atoms with E-state index in [0.717, 1.165) is 0 Å². The first-order valence-corrected chi connectivity index (χ1v) is 9.47. The zero-order valence-corrected chi connectivity index (χ0v) is 19.0. The Morgan fingerprint density at radius 2 is 1.45 bits per heavy atom. The van der Waals surface area contributed by atoms with Crippen molar-refractivity contribution < 1.29 is 28.7 Å². The van der Waals surface area contributed by atoms with Crippen LogP contribution < -0.4 is 21.3 Å². The summed E-state index contributed by atoms with van der Waals surface area (Å²) in [5.41, 5.74) is -1.87. The van der Waals surface area contributed by atoms with Crippen molar-refractivity contribution in [1.29, 1.82) is 0 Å². The van der Waals surface area contributed by atoms with E-state index in [9.17, 15) is 19.2 Å². The van der Waals surface area contributed by atoms with Crippen molar-refractivity contribution in [2.45, 2.75) is 71.7 Å². The molecule has 0 aliphatic rings. The molecule has 0 spiro atoms. The normalized spacial score (nSPS) is 13.4. The second kappa shape index (κ2) is 10.9. The van der Waals surface area contributed by atoms with Gasteiger partial charge in [0.05, 0.1) is 18.6 Å². The molecule has 10 nitrogen and oxygen atoms in total. The SMILES string of the molecule is COC(=O)C(C)(C)NC(=O)[C@H](C)NC(=S)CNC(=O)[C@H](C)NC(=O)OC(C)(C)C. The summed E-state index contributed by atoms with van der Waals surface area (Å²) in [7, 11) is 1.23. The number of alkyl carbamates (subject to hydrolysis) is 1. The number of carbonyl (C=O) groups excluding carboxylic acids is 4. The standard InChI is InChI=1S/C18H32N4O6S/c1-10(21-16(26)28-17(3,4)5)13(23)19-9-12(29)20-11(2)14(24)22-18(6,7)15(25)27-8/h10-11H,9H2,1-8H3,(H,19,23)(H,20,29)(H,21,26)(H,22,24)/t10-,11-/m0/s1. The lowest BCUT2D eigenvalue weighted by Gasteiger charge is -2.26. The lowest BCUT2D eigenvalue weighted by atomic mass is 10.1. The van der Waals surface area contributed by atoms with Gasteiger partial charge in [0.15, 0.2) is 0 Å². The first-order chi connectivity index (χ1) is 13.1. The minimum atomic E-state index is -1.19. The third kappa shape index (κ3) is 10.6. The van der Waals surface area contributed by atoms with Crippen molar-refractivity contribution in [3.05, 3.63) is 0 Å². The second-order valence-electron chi connectivity index (χ2n) is 7.98. The fraction of sp³-hybridized carbons (Fsp3) is 0.722. The van der Waals surface area contributed by atoms with E-state index in [4.69, 9.17) is 17.0 Å². The van der Waals surface area contributed by atoms with Crippen LogP contribution in [0, 0.1) is 0 Å². The van der Waals surface area contributed by atoms with Gasteiger partial charge in [0, 0.05) is 0 Å². The molecule has 0 aromatic rings. The number of methoxy groups -OCH3 is 1. The zero-order chi connectivity index (χ0) is 23.0. The first kappa shape index (κ1) is 26.6. The second-order valence-corrected chi connectivity index (χ2v) is 8.47. The van der Waals surface area contributed by atoms with E-state index in [-0.39, 0.29) is 11.5 Å². The molecule has 0 saturated heterocycles. The van der Waals surface area contributed by atoms with Gasteiger partial charge in [-0.2, -0.15) is 0 Å². The first-order valence-electron chi connectivity index (χ1n) is 9.06. The number of ether oxygens (including phenoxy) is 2. The summed E-state index contributed by atoms with van der Waals surface area (Å²) < 4.78 is 9.71. The van der Waals surface area contributed by atoms with E-state index in [1.165, 1.54) is 27.9 Å². The molecule has 0 aliphatic heterocycles. The zero-order valence-electron chi connectivity index (χ0n) is 18.2. The third-order valence-electron chi connectivity index (χ3n) is 3.45. The van der Waals surface area contributed by atoms with Crippen LogP contribution >= 0.6 is 12.2 Å². The molecular formula is C18H32N4O6S. The summed E-state index contributed by atoms with van der Waals surface area (Å²) in [4.78, 5) is 47.8. The predicted octanol–water partition coefficient (Wildman–Crippen LogP) is 0.389. The summed E-state index contributed by atoms with van der Waals surface area (Å²) >= 11 is 5.12. The number of thiocarbonyl (C=S) groups is 1. The molecular weight excluding hydrogens is 400 g/mol. The van der Waals surface area contributed by atoms with Gasteiger partial charge in [-0.15, -0.1) is 0 Å². The smallest absolute Gasteiger partial charge is 0.408 e. The molecule has 0 aliphatic carbocycles. The highest BCUT2D eigenvalue weighted by Crippen LogP contribution is 2.07. The van der Waals surface area contributed by atoms with E-state index < -0.39 is 47.1 Å². The van der Waals surface area contributed by atoms with Crippen LogP contribution in [0.3, 0.4) is 0 Å². The topological polar surface area (TPSA) is 135 Å². The van der Waals surface area contributed by atoms with Gasteiger partial charge in [0.1, 0.15) is 23.2 Å². The van der Waals surface area contributed by atoms with Crippen LogP contribution in [0.2, 0.25) is 0 Å². The van der Waals surface area contributed by atoms with Crippen molar-refractivity contribution in [3.63, 3.8) is 0 Å². The number of nitrogens with one attached hydrogen (secondary N) is 4. The molecule has 3 amide bonds. The summed E-state index contributed by atoms with van der Waals surface area (Å²) in [5.74, 6) is -1.52. The summed E-state index contributed by atoms with van der Waals surface area (Å²) in [6, 6.07) is -1.59. The molecule has 0 saturated carbocycles. The van der Waals surface area contributed by atoms with Crippen molar-refractivity contribution in [2.75, 3.05) is 13.7 Å². The maximum Gasteiger partial charge on any atom is 0.408 e. The molecule has 29 heavy (non-hydrogen) atoms. The molecule has 4 N–H and O–H groups in total. The average Bonchev–Trinajstić information content (AvgIpc) is 2.56. The molecule has 0 rings (SSSR count). The van der Waals surface area contributed by atoms with E-state index in [1.54, 1.807) is 27.7 Å². The number of rotatable bonds is 8. The minimum Gasteiger partial charge on any atom is -0.467 e. The fourth-order valence-corrected chi connectivity index (χ4v) is 2.20. The Labute approximate surface area is 176 Å². The van der Waals surface area contributed by atoms with Gasteiger partial charge in [0.2, 0.25) is 11.8 Å². The molecule has 166 valence electrons. The van der Waals surface area contributed by atoms with Crippen LogP contribution in [0.4, 0.5) is 4.79 Å². The quantitative estimate of drug-likeness (QED) is 0.320. The van der Waals surface area contributed by atoms with E-state index in [0.29, 0.717) is 0 Å². The summed E-state index contributed by atoms with van der Waals surface area (Å²) in [6.07, 6.45) is -0.709. The molecule has 0 fully saturated rings. The Hall–Kier alpha value is -2.43. The van der Waals surface area contributed by atoms with Crippen LogP contribution in [0.1, 0.15) is 48.5 Å². The van der Waals surface area contributed by atoms with Crippen LogP contribution in [-0.4, -0.2) is 65.7 Å². The van der Waals surface area contributed by atoms with Crippen LogP contribution in [0.15, 0.2) is 0 Å². The fourth-order valence-electron chi connectivity index (χ4n) is 1.95. The van der Waals surface area contributed by atoms with Gasteiger partial charge < -0.3 is 30.7 Å². The Balaban J connectivity index is 4.46. The summed E-state index contributed by atoms with van der Waals surface area (Å²) in [6.45, 7) is 11.2. The van der Waals surface area contributed by atoms with Crippen LogP contribution in [-0.2, 0) is 23.9 Å². The molecule has 0 bridgehead atoms. The van der Waals surface area contributed by atoms with Gasteiger partial charge in [0.25, 0.3) is 0 Å². The molecule has 0 aromatic heterocycles. The van der Waals surface area contributed by atoms with E-state index in [1.807, 2.05) is 0 Å². The Bertz CT molecular complexity index is 645. The maximum absolute atomic E-state index is 12.2. The molecule has 0 radical (unpaired) electrons. The number of hydrogen-bond acceptors (Lipinski definition) is 7. The molecule has 0 unspecified atom stereocenters. The van der Waals surface area contributed by atoms with Crippen molar-refractivity contribution in [3.8, 4) is 0 Å². The van der Waals surface area contributed by atoms with Gasteiger partial charge in [-0.3, -0.25) is 9.59 Å².